The third-order valence-electron chi connectivity index (χ3n) is 4.19. The van der Waals surface area contributed by atoms with E-state index in [4.69, 9.17) is 5.73 Å². The first-order chi connectivity index (χ1) is 12.6. The highest BCUT2D eigenvalue weighted by Gasteiger charge is 2.30. The Bertz CT molecular complexity index is 773. The van der Waals surface area contributed by atoms with Gasteiger partial charge in [-0.1, -0.05) is 42.1 Å². The van der Waals surface area contributed by atoms with Crippen LogP contribution in [0.2, 0.25) is 0 Å². The van der Waals surface area contributed by atoms with E-state index in [1.807, 2.05) is 41.8 Å². The van der Waals surface area contributed by atoms with Crippen LogP contribution in [0.1, 0.15) is 42.8 Å². The van der Waals surface area contributed by atoms with Crippen molar-refractivity contribution in [3.63, 3.8) is 0 Å². The molecule has 0 radical (unpaired) electrons. The molecule has 2 aromatic rings. The van der Waals surface area contributed by atoms with Crippen molar-refractivity contribution >= 4 is 23.6 Å². The number of hydrogen-bond donors (Lipinski definition) is 2. The summed E-state index contributed by atoms with van der Waals surface area (Å²) in [5.41, 5.74) is 6.16. The molecule has 0 saturated heterocycles. The molecule has 0 bridgehead atoms. The molecule has 3 rings (SSSR count). The van der Waals surface area contributed by atoms with E-state index in [0.717, 1.165) is 18.4 Å². The SMILES string of the molecule is CCn1c(CCC(N)=O)nnc1S[C@H](C(=O)NC1CC1)c1ccccc1. The number of nitrogens with two attached hydrogens (primary N) is 1. The number of nitrogens with zero attached hydrogens (tertiary/aromatic N) is 3. The van der Waals surface area contributed by atoms with E-state index in [1.54, 1.807) is 0 Å². The van der Waals surface area contributed by atoms with Gasteiger partial charge in [-0.25, -0.2) is 0 Å². The molecule has 0 aliphatic heterocycles. The molecule has 1 aliphatic rings. The summed E-state index contributed by atoms with van der Waals surface area (Å²) >= 11 is 1.39. The first kappa shape index (κ1) is 18.4. The van der Waals surface area contributed by atoms with Crippen molar-refractivity contribution in [2.45, 2.75) is 55.6 Å². The van der Waals surface area contributed by atoms with Crippen LogP contribution in [0, 0.1) is 0 Å². The summed E-state index contributed by atoms with van der Waals surface area (Å²) in [5, 5.41) is 11.8. The quantitative estimate of drug-likeness (QED) is 0.653. The molecule has 1 heterocycles. The van der Waals surface area contributed by atoms with Crippen LogP contribution in [-0.2, 0) is 22.6 Å². The summed E-state index contributed by atoms with van der Waals surface area (Å²) in [5.74, 6) is 0.340. The fourth-order valence-corrected chi connectivity index (χ4v) is 3.78. The highest BCUT2D eigenvalue weighted by Crippen LogP contribution is 2.35. The molecule has 1 aromatic carbocycles. The Balaban J connectivity index is 1.81. The fraction of sp³-hybridized carbons (Fsp3) is 0.444. The Morgan fingerprint density at radius 1 is 1.31 bits per heavy atom. The van der Waals surface area contributed by atoms with Crippen LogP contribution in [0.3, 0.4) is 0 Å². The van der Waals surface area contributed by atoms with E-state index in [1.165, 1.54) is 11.8 Å². The van der Waals surface area contributed by atoms with Crippen LogP contribution in [-0.4, -0.2) is 32.6 Å². The van der Waals surface area contributed by atoms with Crippen LogP contribution in [0.5, 0.6) is 0 Å². The lowest BCUT2D eigenvalue weighted by atomic mass is 10.1. The van der Waals surface area contributed by atoms with Crippen LogP contribution in [0.15, 0.2) is 35.5 Å². The maximum atomic E-state index is 12.8. The van der Waals surface area contributed by atoms with Gasteiger partial charge in [0.2, 0.25) is 11.8 Å². The second-order valence-electron chi connectivity index (χ2n) is 6.30. The average Bonchev–Trinajstić information content (AvgIpc) is 3.36. The lowest BCUT2D eigenvalue weighted by molar-refractivity contribution is -0.121. The van der Waals surface area contributed by atoms with E-state index < -0.39 is 5.25 Å². The lowest BCUT2D eigenvalue weighted by Crippen LogP contribution is -2.30. The number of hydrogen-bond acceptors (Lipinski definition) is 5. The topological polar surface area (TPSA) is 103 Å². The van der Waals surface area contributed by atoms with E-state index in [2.05, 4.69) is 15.5 Å². The zero-order chi connectivity index (χ0) is 18.5. The normalized spacial score (nSPS) is 14.8. The predicted octanol–water partition coefficient (Wildman–Crippen LogP) is 1.83. The summed E-state index contributed by atoms with van der Waals surface area (Å²) in [4.78, 5) is 23.8. The summed E-state index contributed by atoms with van der Waals surface area (Å²) in [7, 11) is 0. The van der Waals surface area contributed by atoms with Crippen molar-refractivity contribution in [1.82, 2.24) is 20.1 Å². The molecule has 7 nitrogen and oxygen atoms in total. The molecule has 138 valence electrons. The van der Waals surface area contributed by atoms with Gasteiger partial charge in [0.05, 0.1) is 0 Å². The Morgan fingerprint density at radius 3 is 2.65 bits per heavy atom. The van der Waals surface area contributed by atoms with E-state index >= 15 is 0 Å². The molecule has 0 unspecified atom stereocenters. The number of nitrogens with one attached hydrogen (secondary N) is 1. The van der Waals surface area contributed by atoms with Gasteiger partial charge in [0.25, 0.3) is 0 Å². The van der Waals surface area contributed by atoms with Crippen molar-refractivity contribution in [3.05, 3.63) is 41.7 Å². The first-order valence-corrected chi connectivity index (χ1v) is 9.68. The Morgan fingerprint density at radius 2 is 2.04 bits per heavy atom. The Labute approximate surface area is 156 Å². The highest BCUT2D eigenvalue weighted by molar-refractivity contribution is 8.00. The van der Waals surface area contributed by atoms with Gasteiger partial charge in [-0.2, -0.15) is 0 Å². The van der Waals surface area contributed by atoms with Crippen LogP contribution in [0.25, 0.3) is 0 Å². The van der Waals surface area contributed by atoms with Gasteiger partial charge in [0, 0.05) is 25.4 Å². The minimum Gasteiger partial charge on any atom is -0.370 e. The summed E-state index contributed by atoms with van der Waals surface area (Å²) in [6.07, 6.45) is 2.76. The molecule has 1 saturated carbocycles. The van der Waals surface area contributed by atoms with Crippen LogP contribution < -0.4 is 11.1 Å². The molecular formula is C18H23N5O2S. The monoisotopic (exact) mass is 373 g/mol. The molecule has 1 aromatic heterocycles. The number of carbonyl (C=O) groups excluding carboxylic acids is 2. The molecule has 1 aliphatic carbocycles. The van der Waals surface area contributed by atoms with Crippen molar-refractivity contribution in [1.29, 1.82) is 0 Å². The average molecular weight is 373 g/mol. The molecular weight excluding hydrogens is 350 g/mol. The zero-order valence-electron chi connectivity index (χ0n) is 14.7. The van der Waals surface area contributed by atoms with Crippen molar-refractivity contribution in [2.24, 2.45) is 5.73 Å². The van der Waals surface area contributed by atoms with Crippen molar-refractivity contribution in [3.8, 4) is 0 Å². The van der Waals surface area contributed by atoms with Gasteiger partial charge in [-0.15, -0.1) is 10.2 Å². The molecule has 26 heavy (non-hydrogen) atoms. The number of amides is 2. The molecule has 8 heteroatoms. The van der Waals surface area contributed by atoms with Crippen LogP contribution >= 0.6 is 11.8 Å². The minimum atomic E-state index is -0.393. The number of primary amides is 1. The van der Waals surface area contributed by atoms with Crippen molar-refractivity contribution in [2.75, 3.05) is 0 Å². The molecule has 0 spiro atoms. The molecule has 1 fully saturated rings. The van der Waals surface area contributed by atoms with Gasteiger partial charge in [0.1, 0.15) is 11.1 Å². The number of thioether (sulfide) groups is 1. The van der Waals surface area contributed by atoms with Crippen LogP contribution in [0.4, 0.5) is 0 Å². The number of benzene rings is 1. The Kier molecular flexibility index (Phi) is 5.92. The summed E-state index contributed by atoms with van der Waals surface area (Å²) in [6, 6.07) is 9.98. The minimum absolute atomic E-state index is 0.00645. The predicted molar refractivity (Wildman–Crippen MR) is 99.4 cm³/mol. The number of aryl methyl sites for hydroxylation is 1. The first-order valence-electron chi connectivity index (χ1n) is 8.80. The second kappa shape index (κ2) is 8.35. The lowest BCUT2D eigenvalue weighted by Gasteiger charge is -2.17. The van der Waals surface area contributed by atoms with Gasteiger partial charge in [-0.05, 0) is 25.3 Å². The third-order valence-corrected chi connectivity index (χ3v) is 5.43. The van der Waals surface area contributed by atoms with E-state index in [-0.39, 0.29) is 18.2 Å². The van der Waals surface area contributed by atoms with Crippen molar-refractivity contribution < 1.29 is 9.59 Å². The van der Waals surface area contributed by atoms with Gasteiger partial charge in [-0.3, -0.25) is 9.59 Å². The smallest absolute Gasteiger partial charge is 0.238 e. The largest absolute Gasteiger partial charge is 0.370 e. The van der Waals surface area contributed by atoms with E-state index in [9.17, 15) is 9.59 Å². The number of aromatic nitrogens is 3. The summed E-state index contributed by atoms with van der Waals surface area (Å²) < 4.78 is 1.94. The highest BCUT2D eigenvalue weighted by atomic mass is 32.2. The molecule has 2 amide bonds. The van der Waals surface area contributed by atoms with Gasteiger partial charge in [0.15, 0.2) is 5.16 Å². The van der Waals surface area contributed by atoms with E-state index in [0.29, 0.717) is 30.0 Å². The van der Waals surface area contributed by atoms with Gasteiger partial charge < -0.3 is 15.6 Å². The second-order valence-corrected chi connectivity index (χ2v) is 7.37. The van der Waals surface area contributed by atoms with Gasteiger partial charge >= 0.3 is 0 Å². The standard InChI is InChI=1S/C18H23N5O2S/c1-2-23-15(11-10-14(19)24)21-22-18(23)26-16(12-6-4-3-5-7-12)17(25)20-13-8-9-13/h3-7,13,16H,2,8-11H2,1H3,(H2,19,24)(H,20,25)/t16-/m0/s1. The number of carbonyl (C=O) groups is 2. The zero-order valence-corrected chi connectivity index (χ0v) is 15.5. The summed E-state index contributed by atoms with van der Waals surface area (Å²) in [6.45, 7) is 2.65. The fourth-order valence-electron chi connectivity index (χ4n) is 2.65. The maximum absolute atomic E-state index is 12.8. The maximum Gasteiger partial charge on any atom is 0.238 e. The number of rotatable bonds is 9. The third kappa shape index (κ3) is 4.63. The molecule has 3 N–H and O–H groups in total. The Hall–Kier alpha value is -2.35. The molecule has 1 atom stereocenters.